The number of carbonyl (C=O) groups is 1. The molecule has 1 aromatic heterocycles. The topological polar surface area (TPSA) is 54.5 Å². The molecule has 17 heavy (non-hydrogen) atoms. The van der Waals surface area contributed by atoms with Crippen LogP contribution >= 0.6 is 11.3 Å². The van der Waals surface area contributed by atoms with Gasteiger partial charge < -0.3 is 10.1 Å². The zero-order chi connectivity index (χ0) is 12.3. The van der Waals surface area contributed by atoms with Crippen LogP contribution in [0.15, 0.2) is 5.51 Å². The summed E-state index contributed by atoms with van der Waals surface area (Å²) < 4.78 is 4.92. The zero-order valence-electron chi connectivity index (χ0n) is 10.1. The van der Waals surface area contributed by atoms with E-state index in [0.29, 0.717) is 0 Å². The molecular formula is C11H17N3O2S. The fraction of sp³-hybridized carbons (Fsp3) is 0.636. The second-order valence-electron chi connectivity index (χ2n) is 4.01. The van der Waals surface area contributed by atoms with Gasteiger partial charge in [0.15, 0.2) is 0 Å². The number of hydrogen-bond donors (Lipinski definition) is 1. The number of methoxy groups -OCH3 is 1. The Morgan fingerprint density at radius 3 is 2.82 bits per heavy atom. The first kappa shape index (κ1) is 12.5. The van der Waals surface area contributed by atoms with Gasteiger partial charge in [-0.05, 0) is 6.92 Å². The highest BCUT2D eigenvalue weighted by atomic mass is 32.1. The second kappa shape index (κ2) is 5.57. The number of ether oxygens (including phenoxy) is 1. The molecule has 2 rings (SSSR count). The number of rotatable bonds is 3. The van der Waals surface area contributed by atoms with Gasteiger partial charge in [-0.25, -0.2) is 9.78 Å². The lowest BCUT2D eigenvalue weighted by Crippen LogP contribution is -2.47. The third-order valence-corrected chi connectivity index (χ3v) is 3.96. The highest BCUT2D eigenvalue weighted by Gasteiger charge is 2.31. The Balaban J connectivity index is 2.24. The Hall–Kier alpha value is -0.980. The molecule has 1 saturated heterocycles. The van der Waals surface area contributed by atoms with E-state index in [1.807, 2.05) is 6.92 Å². The minimum Gasteiger partial charge on any atom is -0.468 e. The maximum atomic E-state index is 12.0. The van der Waals surface area contributed by atoms with E-state index < -0.39 is 0 Å². The van der Waals surface area contributed by atoms with Crippen LogP contribution in [-0.4, -0.2) is 49.1 Å². The van der Waals surface area contributed by atoms with Crippen molar-refractivity contribution >= 4 is 17.3 Å². The molecule has 1 N–H and O–H groups in total. The average molecular weight is 255 g/mol. The van der Waals surface area contributed by atoms with Crippen LogP contribution in [0.2, 0.25) is 0 Å². The first-order chi connectivity index (χ1) is 8.24. The Kier molecular flexibility index (Phi) is 4.09. The maximum absolute atomic E-state index is 12.0. The summed E-state index contributed by atoms with van der Waals surface area (Å²) in [7, 11) is 1.44. The molecule has 2 heterocycles. The highest BCUT2D eigenvalue weighted by Crippen LogP contribution is 2.28. The number of carbonyl (C=O) groups excluding carboxylic acids is 1. The molecular weight excluding hydrogens is 238 g/mol. The molecule has 0 saturated carbocycles. The molecule has 1 aliphatic heterocycles. The fourth-order valence-electron chi connectivity index (χ4n) is 2.05. The van der Waals surface area contributed by atoms with Crippen molar-refractivity contribution in [1.82, 2.24) is 15.2 Å². The summed E-state index contributed by atoms with van der Waals surface area (Å²) in [5.74, 6) is -0.195. The van der Waals surface area contributed by atoms with Crippen molar-refractivity contribution in [2.45, 2.75) is 13.0 Å². The number of esters is 1. The zero-order valence-corrected chi connectivity index (χ0v) is 10.9. The number of nitrogens with one attached hydrogen (secondary N) is 1. The smallest absolute Gasteiger partial charge is 0.328 e. The van der Waals surface area contributed by atoms with Gasteiger partial charge in [0, 0.05) is 26.2 Å². The first-order valence-electron chi connectivity index (χ1n) is 5.66. The van der Waals surface area contributed by atoms with Crippen LogP contribution in [0.4, 0.5) is 0 Å². The lowest BCUT2D eigenvalue weighted by Gasteiger charge is -2.32. The largest absolute Gasteiger partial charge is 0.468 e. The quantitative estimate of drug-likeness (QED) is 0.800. The molecule has 0 radical (unpaired) electrons. The minimum atomic E-state index is -0.297. The summed E-state index contributed by atoms with van der Waals surface area (Å²) in [6.07, 6.45) is 0. The summed E-state index contributed by atoms with van der Waals surface area (Å²) in [4.78, 5) is 19.3. The lowest BCUT2D eigenvalue weighted by atomic mass is 10.1. The fourth-order valence-corrected chi connectivity index (χ4v) is 2.97. The molecule has 0 spiro atoms. The van der Waals surface area contributed by atoms with Crippen molar-refractivity contribution in [2.24, 2.45) is 0 Å². The van der Waals surface area contributed by atoms with Crippen LogP contribution < -0.4 is 5.32 Å². The SMILES string of the molecule is COC(=O)C(c1scnc1C)N1CCNCC1. The van der Waals surface area contributed by atoms with Gasteiger partial charge in [-0.15, -0.1) is 11.3 Å². The highest BCUT2D eigenvalue weighted by molar-refractivity contribution is 7.10. The molecule has 0 aromatic carbocycles. The van der Waals surface area contributed by atoms with Crippen LogP contribution in [-0.2, 0) is 9.53 Å². The summed E-state index contributed by atoms with van der Waals surface area (Å²) in [5.41, 5.74) is 2.70. The van der Waals surface area contributed by atoms with Crippen molar-refractivity contribution in [3.63, 3.8) is 0 Å². The Morgan fingerprint density at radius 2 is 2.29 bits per heavy atom. The minimum absolute atomic E-state index is 0.195. The molecule has 0 bridgehead atoms. The van der Waals surface area contributed by atoms with Crippen LogP contribution in [0.1, 0.15) is 16.6 Å². The van der Waals surface area contributed by atoms with Gasteiger partial charge in [0.25, 0.3) is 0 Å². The lowest BCUT2D eigenvalue weighted by molar-refractivity contribution is -0.147. The summed E-state index contributed by atoms with van der Waals surface area (Å²) >= 11 is 1.52. The molecule has 6 heteroatoms. The molecule has 0 aliphatic carbocycles. The van der Waals surface area contributed by atoms with E-state index in [4.69, 9.17) is 4.74 Å². The Labute approximate surface area is 105 Å². The van der Waals surface area contributed by atoms with Gasteiger partial charge in [0.05, 0.1) is 23.2 Å². The van der Waals surface area contributed by atoms with Crippen LogP contribution in [0.5, 0.6) is 0 Å². The summed E-state index contributed by atoms with van der Waals surface area (Å²) in [6, 6.07) is -0.297. The predicted octanol–water partition coefficient (Wildman–Crippen LogP) is 0.571. The third-order valence-electron chi connectivity index (χ3n) is 2.97. The number of nitrogens with zero attached hydrogens (tertiary/aromatic N) is 2. The van der Waals surface area contributed by atoms with E-state index in [1.165, 1.54) is 18.4 Å². The maximum Gasteiger partial charge on any atom is 0.328 e. The molecule has 1 fully saturated rings. The standard InChI is InChI=1S/C11H17N3O2S/c1-8-10(17-7-13-8)9(11(15)16-2)14-5-3-12-4-6-14/h7,9,12H,3-6H2,1-2H3. The Bertz CT molecular complexity index is 388. The van der Waals surface area contributed by atoms with Crippen LogP contribution in [0.25, 0.3) is 0 Å². The number of thiazole rings is 1. The van der Waals surface area contributed by atoms with E-state index in [1.54, 1.807) is 5.51 Å². The molecule has 1 aromatic rings. The van der Waals surface area contributed by atoms with Crippen molar-refractivity contribution in [3.05, 3.63) is 16.1 Å². The van der Waals surface area contributed by atoms with Gasteiger partial charge in [-0.1, -0.05) is 0 Å². The van der Waals surface area contributed by atoms with Gasteiger partial charge in [-0.3, -0.25) is 4.90 Å². The molecule has 1 unspecified atom stereocenters. The van der Waals surface area contributed by atoms with Crippen molar-refractivity contribution in [2.75, 3.05) is 33.3 Å². The van der Waals surface area contributed by atoms with Gasteiger partial charge in [-0.2, -0.15) is 0 Å². The second-order valence-corrected chi connectivity index (χ2v) is 4.90. The number of aryl methyl sites for hydroxylation is 1. The number of hydrogen-bond acceptors (Lipinski definition) is 6. The van der Waals surface area contributed by atoms with Gasteiger partial charge in [0.2, 0.25) is 0 Å². The van der Waals surface area contributed by atoms with Crippen LogP contribution in [0, 0.1) is 6.92 Å². The first-order valence-corrected chi connectivity index (χ1v) is 6.54. The summed E-state index contributed by atoms with van der Waals surface area (Å²) in [6.45, 7) is 5.47. The molecule has 94 valence electrons. The van der Waals surface area contributed by atoms with E-state index in [9.17, 15) is 4.79 Å². The van der Waals surface area contributed by atoms with E-state index in [2.05, 4.69) is 15.2 Å². The van der Waals surface area contributed by atoms with Gasteiger partial charge >= 0.3 is 5.97 Å². The monoisotopic (exact) mass is 255 g/mol. The van der Waals surface area contributed by atoms with Crippen molar-refractivity contribution in [1.29, 1.82) is 0 Å². The van der Waals surface area contributed by atoms with Crippen LogP contribution in [0.3, 0.4) is 0 Å². The summed E-state index contributed by atoms with van der Waals surface area (Å²) in [5, 5.41) is 3.28. The molecule has 1 atom stereocenters. The van der Waals surface area contributed by atoms with E-state index >= 15 is 0 Å². The molecule has 0 amide bonds. The predicted molar refractivity (Wildman–Crippen MR) is 66.1 cm³/mol. The average Bonchev–Trinajstić information content (AvgIpc) is 2.77. The number of piperazine rings is 1. The number of aromatic nitrogens is 1. The van der Waals surface area contributed by atoms with Crippen molar-refractivity contribution < 1.29 is 9.53 Å². The third kappa shape index (κ3) is 2.65. The Morgan fingerprint density at radius 1 is 1.59 bits per heavy atom. The van der Waals surface area contributed by atoms with E-state index in [0.717, 1.165) is 36.8 Å². The van der Waals surface area contributed by atoms with Crippen molar-refractivity contribution in [3.8, 4) is 0 Å². The van der Waals surface area contributed by atoms with E-state index in [-0.39, 0.29) is 12.0 Å². The molecule has 5 nitrogen and oxygen atoms in total. The van der Waals surface area contributed by atoms with Gasteiger partial charge in [0.1, 0.15) is 6.04 Å². The normalized spacial score (nSPS) is 18.9. The molecule has 1 aliphatic rings.